The molecular formula is C19H19N4O3. The minimum absolute atomic E-state index is 0.244. The summed E-state index contributed by atoms with van der Waals surface area (Å²) in [7, 11) is 1.48. The van der Waals surface area contributed by atoms with Gasteiger partial charge in [0, 0.05) is 12.0 Å². The molecule has 0 spiro atoms. The number of H-pyrrole nitrogens is 1. The van der Waals surface area contributed by atoms with Crippen molar-refractivity contribution in [1.82, 2.24) is 15.2 Å². The Hall–Kier alpha value is -3.35. The lowest BCUT2D eigenvalue weighted by Gasteiger charge is -2.08. The highest BCUT2D eigenvalue weighted by Gasteiger charge is 2.12. The van der Waals surface area contributed by atoms with E-state index >= 15 is 0 Å². The van der Waals surface area contributed by atoms with Gasteiger partial charge in [-0.15, -0.1) is 0 Å². The van der Waals surface area contributed by atoms with Crippen LogP contribution < -0.4 is 15.2 Å². The number of aromatic amines is 1. The number of benzene rings is 2. The van der Waals surface area contributed by atoms with Crippen LogP contribution in [0.15, 0.2) is 48.5 Å². The Kier molecular flexibility index (Phi) is 5.48. The SMILES string of the molecule is COc1cc(-c2n[nH]c([CH]CCc3ccccc3)n2)ccc1OC(N)=O. The van der Waals surface area contributed by atoms with Crippen LogP contribution in [0, 0.1) is 6.42 Å². The maximum Gasteiger partial charge on any atom is 0.410 e. The predicted molar refractivity (Wildman–Crippen MR) is 96.7 cm³/mol. The number of primary amides is 1. The smallest absolute Gasteiger partial charge is 0.410 e. The molecule has 0 fully saturated rings. The number of hydrogen-bond acceptors (Lipinski definition) is 5. The van der Waals surface area contributed by atoms with E-state index in [1.807, 2.05) is 24.6 Å². The fourth-order valence-electron chi connectivity index (χ4n) is 2.51. The fourth-order valence-corrected chi connectivity index (χ4v) is 2.51. The molecule has 1 aromatic heterocycles. The van der Waals surface area contributed by atoms with Gasteiger partial charge in [-0.3, -0.25) is 5.10 Å². The van der Waals surface area contributed by atoms with E-state index in [1.54, 1.807) is 18.2 Å². The number of methoxy groups -OCH3 is 1. The number of nitrogens with one attached hydrogen (secondary N) is 1. The average Bonchev–Trinajstić information content (AvgIpc) is 3.11. The Morgan fingerprint density at radius 2 is 2.00 bits per heavy atom. The van der Waals surface area contributed by atoms with Crippen molar-refractivity contribution >= 4 is 6.09 Å². The molecular weight excluding hydrogens is 332 g/mol. The molecule has 26 heavy (non-hydrogen) atoms. The summed E-state index contributed by atoms with van der Waals surface area (Å²) in [6.45, 7) is 0. The van der Waals surface area contributed by atoms with Gasteiger partial charge in [0.25, 0.3) is 0 Å². The van der Waals surface area contributed by atoms with E-state index in [0.29, 0.717) is 17.4 Å². The summed E-state index contributed by atoms with van der Waals surface area (Å²) in [6.07, 6.45) is 2.90. The van der Waals surface area contributed by atoms with Crippen molar-refractivity contribution in [3.63, 3.8) is 0 Å². The third-order valence-electron chi connectivity index (χ3n) is 3.75. The molecule has 133 valence electrons. The summed E-state index contributed by atoms with van der Waals surface area (Å²) in [5, 5.41) is 7.13. The van der Waals surface area contributed by atoms with E-state index < -0.39 is 6.09 Å². The Balaban J connectivity index is 1.66. The molecule has 0 bridgehead atoms. The fraction of sp³-hybridized carbons (Fsp3) is 0.158. The molecule has 1 amide bonds. The van der Waals surface area contributed by atoms with Crippen LogP contribution in [0.1, 0.15) is 17.8 Å². The molecule has 2 aromatic carbocycles. The Labute approximate surface area is 151 Å². The molecule has 3 N–H and O–H groups in total. The largest absolute Gasteiger partial charge is 0.493 e. The average molecular weight is 351 g/mol. The number of carbonyl (C=O) groups excluding carboxylic acids is 1. The summed E-state index contributed by atoms with van der Waals surface area (Å²) >= 11 is 0. The first-order valence-corrected chi connectivity index (χ1v) is 8.11. The van der Waals surface area contributed by atoms with E-state index in [-0.39, 0.29) is 5.75 Å². The molecule has 3 rings (SSSR count). The predicted octanol–water partition coefficient (Wildman–Crippen LogP) is 3.12. The van der Waals surface area contributed by atoms with Gasteiger partial charge < -0.3 is 15.2 Å². The van der Waals surface area contributed by atoms with Gasteiger partial charge in [0.1, 0.15) is 5.82 Å². The molecule has 0 atom stereocenters. The summed E-state index contributed by atoms with van der Waals surface area (Å²) in [4.78, 5) is 15.4. The van der Waals surface area contributed by atoms with Crippen LogP contribution in [0.4, 0.5) is 4.79 Å². The lowest BCUT2D eigenvalue weighted by molar-refractivity contribution is 0.208. The van der Waals surface area contributed by atoms with Crippen LogP contribution in [0.25, 0.3) is 11.4 Å². The number of carbonyl (C=O) groups is 1. The number of nitrogens with two attached hydrogens (primary N) is 1. The molecule has 1 radical (unpaired) electrons. The summed E-state index contributed by atoms with van der Waals surface area (Å²) in [5.41, 5.74) is 7.05. The zero-order valence-corrected chi connectivity index (χ0v) is 14.3. The van der Waals surface area contributed by atoms with E-state index in [9.17, 15) is 4.79 Å². The maximum absolute atomic E-state index is 10.9. The van der Waals surface area contributed by atoms with Gasteiger partial charge in [-0.05, 0) is 36.6 Å². The van der Waals surface area contributed by atoms with Crippen LogP contribution in [-0.4, -0.2) is 28.4 Å². The summed E-state index contributed by atoms with van der Waals surface area (Å²) in [6, 6.07) is 15.3. The second-order valence-electron chi connectivity index (χ2n) is 5.56. The number of rotatable bonds is 7. The van der Waals surface area contributed by atoms with Gasteiger partial charge in [0.15, 0.2) is 17.3 Å². The lowest BCUT2D eigenvalue weighted by Crippen LogP contribution is -2.16. The molecule has 3 aromatic rings. The Morgan fingerprint density at radius 1 is 1.19 bits per heavy atom. The first-order chi connectivity index (χ1) is 12.7. The monoisotopic (exact) mass is 351 g/mol. The Morgan fingerprint density at radius 3 is 2.73 bits per heavy atom. The highest BCUT2D eigenvalue weighted by Crippen LogP contribution is 2.31. The summed E-state index contributed by atoms with van der Waals surface area (Å²) in [5.74, 6) is 1.85. The normalized spacial score (nSPS) is 10.5. The third kappa shape index (κ3) is 4.38. The number of aromatic nitrogens is 3. The number of ether oxygens (including phenoxy) is 2. The van der Waals surface area contributed by atoms with Crippen LogP contribution in [-0.2, 0) is 6.42 Å². The van der Waals surface area contributed by atoms with E-state index in [1.165, 1.54) is 12.7 Å². The van der Waals surface area contributed by atoms with E-state index in [4.69, 9.17) is 15.2 Å². The van der Waals surface area contributed by atoms with Gasteiger partial charge in [-0.25, -0.2) is 9.78 Å². The van der Waals surface area contributed by atoms with Gasteiger partial charge in [-0.1, -0.05) is 30.3 Å². The zero-order chi connectivity index (χ0) is 18.4. The molecule has 7 nitrogen and oxygen atoms in total. The second kappa shape index (κ2) is 8.15. The quantitative estimate of drug-likeness (QED) is 0.681. The highest BCUT2D eigenvalue weighted by atomic mass is 16.6. The molecule has 0 aliphatic heterocycles. The molecule has 0 saturated carbocycles. The van der Waals surface area contributed by atoms with Crippen molar-refractivity contribution in [1.29, 1.82) is 0 Å². The zero-order valence-electron chi connectivity index (χ0n) is 14.3. The van der Waals surface area contributed by atoms with E-state index in [0.717, 1.165) is 18.4 Å². The molecule has 0 saturated heterocycles. The first-order valence-electron chi connectivity index (χ1n) is 8.11. The van der Waals surface area contributed by atoms with Crippen LogP contribution in [0.5, 0.6) is 11.5 Å². The standard InChI is InChI=1S/C19H19N4O3/c1-25-16-12-14(10-11-15(16)26-19(20)24)18-21-17(22-23-18)9-5-8-13-6-3-2-4-7-13/h2-4,6-7,9-12H,5,8H2,1H3,(H2,20,24)(H,21,22,23). The lowest BCUT2D eigenvalue weighted by atomic mass is 10.1. The van der Waals surface area contributed by atoms with Gasteiger partial charge in [0.05, 0.1) is 7.11 Å². The van der Waals surface area contributed by atoms with Crippen molar-refractivity contribution in [2.75, 3.05) is 7.11 Å². The maximum atomic E-state index is 10.9. The van der Waals surface area contributed by atoms with Crippen LogP contribution in [0.2, 0.25) is 0 Å². The molecule has 0 aliphatic rings. The minimum Gasteiger partial charge on any atom is -0.493 e. The van der Waals surface area contributed by atoms with Crippen molar-refractivity contribution in [2.24, 2.45) is 5.73 Å². The van der Waals surface area contributed by atoms with Crippen molar-refractivity contribution < 1.29 is 14.3 Å². The van der Waals surface area contributed by atoms with Crippen molar-refractivity contribution in [3.8, 4) is 22.9 Å². The third-order valence-corrected chi connectivity index (χ3v) is 3.75. The molecule has 7 heteroatoms. The number of nitrogens with zero attached hydrogens (tertiary/aromatic N) is 2. The molecule has 0 unspecified atom stereocenters. The van der Waals surface area contributed by atoms with Crippen LogP contribution in [0.3, 0.4) is 0 Å². The van der Waals surface area contributed by atoms with Gasteiger partial charge in [0.2, 0.25) is 0 Å². The number of amides is 1. The van der Waals surface area contributed by atoms with Crippen molar-refractivity contribution in [2.45, 2.75) is 12.8 Å². The summed E-state index contributed by atoms with van der Waals surface area (Å²) < 4.78 is 10.1. The number of hydrogen-bond donors (Lipinski definition) is 2. The van der Waals surface area contributed by atoms with Crippen LogP contribution >= 0.6 is 0 Å². The van der Waals surface area contributed by atoms with E-state index in [2.05, 4.69) is 27.3 Å². The van der Waals surface area contributed by atoms with Gasteiger partial charge in [-0.2, -0.15) is 5.10 Å². The van der Waals surface area contributed by atoms with Crippen molar-refractivity contribution in [3.05, 3.63) is 66.3 Å². The Bertz CT molecular complexity index is 878. The highest BCUT2D eigenvalue weighted by molar-refractivity contribution is 5.70. The molecule has 0 aliphatic carbocycles. The second-order valence-corrected chi connectivity index (χ2v) is 5.56. The topological polar surface area (TPSA) is 103 Å². The minimum atomic E-state index is -0.899. The first kappa shape index (κ1) is 17.5. The molecule has 1 heterocycles. The number of aryl methyl sites for hydroxylation is 1. The van der Waals surface area contributed by atoms with Gasteiger partial charge >= 0.3 is 6.09 Å².